The van der Waals surface area contributed by atoms with Gasteiger partial charge in [0.1, 0.15) is 16.6 Å². The predicted molar refractivity (Wildman–Crippen MR) is 104 cm³/mol. The molecule has 2 aromatic carbocycles. The first-order chi connectivity index (χ1) is 12.9. The lowest BCUT2D eigenvalue weighted by Gasteiger charge is -2.18. The molecule has 7 heteroatoms. The van der Waals surface area contributed by atoms with Crippen LogP contribution in [0.2, 0.25) is 5.02 Å². The van der Waals surface area contributed by atoms with E-state index >= 15 is 0 Å². The molecular weight excluding hydrogens is 389 g/mol. The zero-order chi connectivity index (χ0) is 19.6. The molecule has 0 aliphatic heterocycles. The first kappa shape index (κ1) is 19.3. The molecule has 1 N–H and O–H groups in total. The molecule has 3 aromatic rings. The van der Waals surface area contributed by atoms with Crippen molar-refractivity contribution in [1.29, 1.82) is 0 Å². The van der Waals surface area contributed by atoms with Crippen LogP contribution in [0.25, 0.3) is 11.1 Å². The smallest absolute Gasteiger partial charge is 0.304 e. The van der Waals surface area contributed by atoms with E-state index in [-0.39, 0.29) is 6.42 Å². The molecule has 0 aliphatic carbocycles. The number of methoxy groups -OCH3 is 1. The Balaban J connectivity index is 2.16. The minimum atomic E-state index is -0.950. The van der Waals surface area contributed by atoms with Crippen LogP contribution in [0.3, 0.4) is 0 Å². The summed E-state index contributed by atoms with van der Waals surface area (Å²) in [5.74, 6) is -1.33. The van der Waals surface area contributed by atoms with Gasteiger partial charge in [0.05, 0.1) is 19.4 Å². The van der Waals surface area contributed by atoms with Crippen LogP contribution in [-0.4, -0.2) is 23.2 Å². The Morgan fingerprint density at radius 3 is 2.74 bits per heavy atom. The highest BCUT2D eigenvalue weighted by atomic mass is 35.5. The van der Waals surface area contributed by atoms with E-state index in [1.807, 2.05) is 6.92 Å². The molecule has 1 atom stereocenters. The Labute approximate surface area is 165 Å². The van der Waals surface area contributed by atoms with Crippen LogP contribution >= 0.6 is 22.9 Å². The predicted octanol–water partition coefficient (Wildman–Crippen LogP) is 5.53. The average Bonchev–Trinajstić information content (AvgIpc) is 3.07. The summed E-state index contributed by atoms with van der Waals surface area (Å²) < 4.78 is 19.8. The highest BCUT2D eigenvalue weighted by Crippen LogP contribution is 2.39. The maximum absolute atomic E-state index is 14.3. The Kier molecular flexibility index (Phi) is 5.77. The van der Waals surface area contributed by atoms with Crippen molar-refractivity contribution >= 4 is 28.9 Å². The second-order valence-corrected chi connectivity index (χ2v) is 7.74. The molecular formula is C20H17ClFNO3S. The molecule has 0 aliphatic rings. The molecule has 27 heavy (non-hydrogen) atoms. The second-order valence-electron chi connectivity index (χ2n) is 6.04. The number of nitrogens with zero attached hydrogens (tertiary/aromatic N) is 1. The van der Waals surface area contributed by atoms with Crippen molar-refractivity contribution in [2.24, 2.45) is 0 Å². The van der Waals surface area contributed by atoms with Gasteiger partial charge in [0.25, 0.3) is 0 Å². The summed E-state index contributed by atoms with van der Waals surface area (Å²) in [4.78, 5) is 16.8. The number of ether oxygens (including phenoxy) is 1. The Hall–Kier alpha value is -2.44. The van der Waals surface area contributed by atoms with Gasteiger partial charge in [0, 0.05) is 27.2 Å². The zero-order valence-electron chi connectivity index (χ0n) is 14.7. The molecule has 0 fully saturated rings. The van der Waals surface area contributed by atoms with Crippen molar-refractivity contribution in [3.8, 4) is 16.9 Å². The number of aryl methyl sites for hydroxylation is 1. The third-order valence-corrected chi connectivity index (χ3v) is 5.42. The first-order valence-electron chi connectivity index (χ1n) is 8.16. The van der Waals surface area contributed by atoms with E-state index in [2.05, 4.69) is 4.98 Å². The summed E-state index contributed by atoms with van der Waals surface area (Å²) in [6, 6.07) is 9.51. The van der Waals surface area contributed by atoms with Crippen LogP contribution < -0.4 is 4.74 Å². The van der Waals surface area contributed by atoms with Gasteiger partial charge in [0.2, 0.25) is 0 Å². The Morgan fingerprint density at radius 2 is 2.11 bits per heavy atom. The fraction of sp³-hybridized carbons (Fsp3) is 0.200. The van der Waals surface area contributed by atoms with Crippen LogP contribution in [-0.2, 0) is 4.79 Å². The third-order valence-electron chi connectivity index (χ3n) is 4.16. The lowest BCUT2D eigenvalue weighted by atomic mass is 9.92. The largest absolute Gasteiger partial charge is 0.496 e. The number of carboxylic acids is 1. The van der Waals surface area contributed by atoms with Crippen molar-refractivity contribution in [2.75, 3.05) is 7.11 Å². The summed E-state index contributed by atoms with van der Waals surface area (Å²) >= 11 is 7.45. The molecule has 0 saturated heterocycles. The van der Waals surface area contributed by atoms with Gasteiger partial charge in [-0.15, -0.1) is 11.3 Å². The summed E-state index contributed by atoms with van der Waals surface area (Å²) in [7, 11) is 1.52. The summed E-state index contributed by atoms with van der Waals surface area (Å²) in [5, 5.41) is 10.5. The van der Waals surface area contributed by atoms with E-state index in [0.29, 0.717) is 32.5 Å². The fourth-order valence-electron chi connectivity index (χ4n) is 2.93. The van der Waals surface area contributed by atoms with Gasteiger partial charge in [-0.1, -0.05) is 17.7 Å². The topological polar surface area (TPSA) is 59.4 Å². The lowest BCUT2D eigenvalue weighted by molar-refractivity contribution is -0.137. The van der Waals surface area contributed by atoms with Gasteiger partial charge < -0.3 is 9.84 Å². The number of aromatic nitrogens is 1. The number of hydrogen-bond donors (Lipinski definition) is 1. The number of carbonyl (C=O) groups is 1. The maximum Gasteiger partial charge on any atom is 0.304 e. The molecule has 0 bridgehead atoms. The van der Waals surface area contributed by atoms with Crippen molar-refractivity contribution in [3.05, 3.63) is 68.9 Å². The van der Waals surface area contributed by atoms with E-state index in [1.165, 1.54) is 30.6 Å². The standard InChI is InChI=1S/C20H17ClFNO3S/c1-11-10-23-20(27-11)16(9-19(24)25)15-7-12(3-6-18(15)26-2)14-8-13(21)4-5-17(14)22/h3-8,10,16H,9H2,1-2H3,(H,24,25). The number of thiazole rings is 1. The molecule has 0 amide bonds. The van der Waals surface area contributed by atoms with Gasteiger partial charge in [-0.05, 0) is 42.8 Å². The normalized spacial score (nSPS) is 12.0. The number of hydrogen-bond acceptors (Lipinski definition) is 4. The van der Waals surface area contributed by atoms with Crippen molar-refractivity contribution < 1.29 is 19.0 Å². The molecule has 1 unspecified atom stereocenters. The van der Waals surface area contributed by atoms with Gasteiger partial charge in [0.15, 0.2) is 0 Å². The molecule has 0 radical (unpaired) electrons. The zero-order valence-corrected chi connectivity index (χ0v) is 16.3. The molecule has 1 aromatic heterocycles. The first-order valence-corrected chi connectivity index (χ1v) is 9.36. The SMILES string of the molecule is COc1ccc(-c2cc(Cl)ccc2F)cc1C(CC(=O)O)c1ncc(C)s1. The quantitative estimate of drug-likeness (QED) is 0.586. The van der Waals surface area contributed by atoms with Crippen molar-refractivity contribution in [2.45, 2.75) is 19.3 Å². The van der Waals surface area contributed by atoms with Crippen LogP contribution in [0, 0.1) is 12.7 Å². The monoisotopic (exact) mass is 405 g/mol. The van der Waals surface area contributed by atoms with Crippen LogP contribution in [0.5, 0.6) is 5.75 Å². The summed E-state index contributed by atoms with van der Waals surface area (Å²) in [6.45, 7) is 1.91. The number of benzene rings is 2. The van der Waals surface area contributed by atoms with Crippen molar-refractivity contribution in [1.82, 2.24) is 4.98 Å². The minimum Gasteiger partial charge on any atom is -0.496 e. The van der Waals surface area contributed by atoms with Crippen LogP contribution in [0.1, 0.15) is 27.8 Å². The molecule has 0 spiro atoms. The number of rotatable bonds is 6. The molecule has 4 nitrogen and oxygen atoms in total. The van der Waals surface area contributed by atoms with Gasteiger partial charge in [-0.3, -0.25) is 4.79 Å². The van der Waals surface area contributed by atoms with E-state index in [9.17, 15) is 14.3 Å². The van der Waals surface area contributed by atoms with Gasteiger partial charge >= 0.3 is 5.97 Å². The highest BCUT2D eigenvalue weighted by molar-refractivity contribution is 7.11. The van der Waals surface area contributed by atoms with Crippen molar-refractivity contribution in [3.63, 3.8) is 0 Å². The highest BCUT2D eigenvalue weighted by Gasteiger charge is 2.25. The Morgan fingerprint density at radius 1 is 1.33 bits per heavy atom. The van der Waals surface area contributed by atoms with Crippen LogP contribution in [0.4, 0.5) is 4.39 Å². The second kappa shape index (κ2) is 8.06. The minimum absolute atomic E-state index is 0.148. The lowest BCUT2D eigenvalue weighted by Crippen LogP contribution is -2.09. The summed E-state index contributed by atoms with van der Waals surface area (Å²) in [5.41, 5.74) is 1.58. The maximum atomic E-state index is 14.3. The van der Waals surface area contributed by atoms with E-state index < -0.39 is 17.7 Å². The molecule has 1 heterocycles. The van der Waals surface area contributed by atoms with E-state index in [4.69, 9.17) is 16.3 Å². The molecule has 3 rings (SSSR count). The van der Waals surface area contributed by atoms with Crippen LogP contribution in [0.15, 0.2) is 42.6 Å². The van der Waals surface area contributed by atoms with E-state index in [1.54, 1.807) is 30.5 Å². The van der Waals surface area contributed by atoms with E-state index in [0.717, 1.165) is 4.88 Å². The average molecular weight is 406 g/mol. The number of aliphatic carboxylic acids is 1. The Bertz CT molecular complexity index is 989. The third kappa shape index (κ3) is 4.28. The number of halogens is 2. The molecule has 0 saturated carbocycles. The van der Waals surface area contributed by atoms with Gasteiger partial charge in [-0.25, -0.2) is 9.37 Å². The van der Waals surface area contributed by atoms with Gasteiger partial charge in [-0.2, -0.15) is 0 Å². The summed E-state index contributed by atoms with van der Waals surface area (Å²) in [6.07, 6.45) is 1.56. The molecule has 140 valence electrons. The number of carboxylic acid groups (broad SMARTS) is 1. The fourth-order valence-corrected chi connectivity index (χ4v) is 4.00.